The molecule has 0 bridgehead atoms. The highest BCUT2D eigenvalue weighted by atomic mass is 16.5. The van der Waals surface area contributed by atoms with Gasteiger partial charge in [-0.3, -0.25) is 9.78 Å². The zero-order valence-corrected chi connectivity index (χ0v) is 13.2. The summed E-state index contributed by atoms with van der Waals surface area (Å²) in [6.07, 6.45) is 12.0. The molecule has 2 aliphatic carbocycles. The molecular weight excluding hydrogens is 276 g/mol. The number of nitrogens with two attached hydrogens (primary N) is 1. The number of pyridine rings is 1. The van der Waals surface area contributed by atoms with Crippen LogP contribution in [0.15, 0.2) is 18.3 Å². The molecule has 1 aromatic heterocycles. The Bertz CT molecular complexity index is 518. The molecule has 2 N–H and O–H groups in total. The standard InChI is InChI=1S/C18H26N2O2/c19-17(21)18(9-4-5-10-18)16-12-15(8-11-20-16)22-13-14-6-2-1-3-7-14/h8,11-12,14H,1-7,9-10,13H2,(H2,19,21). The van der Waals surface area contributed by atoms with Crippen molar-refractivity contribution < 1.29 is 9.53 Å². The van der Waals surface area contributed by atoms with Crippen molar-refractivity contribution in [3.63, 3.8) is 0 Å². The monoisotopic (exact) mass is 302 g/mol. The van der Waals surface area contributed by atoms with Gasteiger partial charge in [0.2, 0.25) is 5.91 Å². The molecule has 2 aliphatic rings. The first-order chi connectivity index (χ1) is 10.7. The lowest BCUT2D eigenvalue weighted by Gasteiger charge is -2.25. The molecule has 4 heteroatoms. The first-order valence-electron chi connectivity index (χ1n) is 8.60. The van der Waals surface area contributed by atoms with Crippen LogP contribution in [0.5, 0.6) is 5.75 Å². The van der Waals surface area contributed by atoms with Crippen LogP contribution in [0.3, 0.4) is 0 Å². The van der Waals surface area contributed by atoms with Gasteiger partial charge in [0, 0.05) is 12.3 Å². The maximum atomic E-state index is 12.0. The lowest BCUT2D eigenvalue weighted by atomic mass is 9.81. The Balaban J connectivity index is 1.70. The van der Waals surface area contributed by atoms with E-state index in [1.54, 1.807) is 6.20 Å². The average Bonchev–Trinajstić information content (AvgIpc) is 3.05. The van der Waals surface area contributed by atoms with Crippen LogP contribution in [0.2, 0.25) is 0 Å². The fraction of sp³-hybridized carbons (Fsp3) is 0.667. The minimum Gasteiger partial charge on any atom is -0.493 e. The van der Waals surface area contributed by atoms with Crippen molar-refractivity contribution in [3.8, 4) is 5.75 Å². The lowest BCUT2D eigenvalue weighted by molar-refractivity contribution is -0.123. The van der Waals surface area contributed by atoms with Gasteiger partial charge < -0.3 is 10.5 Å². The van der Waals surface area contributed by atoms with Crippen molar-refractivity contribution in [2.45, 2.75) is 63.2 Å². The van der Waals surface area contributed by atoms with Gasteiger partial charge in [-0.15, -0.1) is 0 Å². The second kappa shape index (κ2) is 6.67. The third kappa shape index (κ3) is 3.11. The van der Waals surface area contributed by atoms with Gasteiger partial charge in [0.1, 0.15) is 5.75 Å². The Labute approximate surface area is 132 Å². The summed E-state index contributed by atoms with van der Waals surface area (Å²) in [6.45, 7) is 0.771. The predicted molar refractivity (Wildman–Crippen MR) is 85.6 cm³/mol. The van der Waals surface area contributed by atoms with Gasteiger partial charge in [-0.2, -0.15) is 0 Å². The van der Waals surface area contributed by atoms with Crippen molar-refractivity contribution >= 4 is 5.91 Å². The predicted octanol–water partition coefficient (Wildman–Crippen LogP) is 3.34. The minimum atomic E-state index is -0.579. The van der Waals surface area contributed by atoms with Crippen molar-refractivity contribution in [2.75, 3.05) is 6.61 Å². The summed E-state index contributed by atoms with van der Waals surface area (Å²) in [5, 5.41) is 0. The third-order valence-corrected chi connectivity index (χ3v) is 5.36. The van der Waals surface area contributed by atoms with Gasteiger partial charge in [-0.05, 0) is 37.7 Å². The number of rotatable bonds is 5. The molecule has 1 amide bonds. The molecule has 22 heavy (non-hydrogen) atoms. The number of carbonyl (C=O) groups excluding carboxylic acids is 1. The molecule has 0 spiro atoms. The number of ether oxygens (including phenoxy) is 1. The number of aromatic nitrogens is 1. The molecule has 0 aromatic carbocycles. The normalized spacial score (nSPS) is 21.6. The Morgan fingerprint density at radius 1 is 1.23 bits per heavy atom. The number of primary amides is 1. The van der Waals surface area contributed by atoms with E-state index < -0.39 is 5.41 Å². The highest BCUT2D eigenvalue weighted by molar-refractivity contribution is 5.86. The van der Waals surface area contributed by atoms with Crippen LogP contribution >= 0.6 is 0 Å². The molecule has 120 valence electrons. The number of nitrogens with zero attached hydrogens (tertiary/aromatic N) is 1. The second-order valence-corrected chi connectivity index (χ2v) is 6.85. The van der Waals surface area contributed by atoms with Crippen molar-refractivity contribution in [3.05, 3.63) is 24.0 Å². The molecule has 4 nitrogen and oxygen atoms in total. The molecular formula is C18H26N2O2. The van der Waals surface area contributed by atoms with Crippen molar-refractivity contribution in [1.82, 2.24) is 4.98 Å². The largest absolute Gasteiger partial charge is 0.493 e. The second-order valence-electron chi connectivity index (χ2n) is 6.85. The van der Waals surface area contributed by atoms with Gasteiger partial charge in [0.05, 0.1) is 17.7 Å². The zero-order chi connectivity index (χ0) is 15.4. The maximum Gasteiger partial charge on any atom is 0.229 e. The fourth-order valence-corrected chi connectivity index (χ4v) is 3.94. The van der Waals surface area contributed by atoms with Crippen LogP contribution in [0.1, 0.15) is 63.5 Å². The smallest absolute Gasteiger partial charge is 0.229 e. The zero-order valence-electron chi connectivity index (χ0n) is 13.2. The van der Waals surface area contributed by atoms with Gasteiger partial charge in [-0.25, -0.2) is 0 Å². The number of amides is 1. The van der Waals surface area contributed by atoms with Crippen molar-refractivity contribution in [2.24, 2.45) is 11.7 Å². The summed E-state index contributed by atoms with van der Waals surface area (Å²) in [5.41, 5.74) is 5.90. The van der Waals surface area contributed by atoms with E-state index in [9.17, 15) is 4.79 Å². The lowest BCUT2D eigenvalue weighted by Crippen LogP contribution is -2.39. The van der Waals surface area contributed by atoms with Crippen molar-refractivity contribution in [1.29, 1.82) is 0 Å². The molecule has 2 saturated carbocycles. The van der Waals surface area contributed by atoms with Gasteiger partial charge in [-0.1, -0.05) is 32.1 Å². The molecule has 3 rings (SSSR count). The highest BCUT2D eigenvalue weighted by Gasteiger charge is 2.42. The summed E-state index contributed by atoms with van der Waals surface area (Å²) < 4.78 is 5.98. The topological polar surface area (TPSA) is 65.2 Å². The summed E-state index contributed by atoms with van der Waals surface area (Å²) in [7, 11) is 0. The average molecular weight is 302 g/mol. The Hall–Kier alpha value is -1.58. The van der Waals surface area contributed by atoms with E-state index >= 15 is 0 Å². The van der Waals surface area contributed by atoms with E-state index in [0.29, 0.717) is 5.92 Å². The highest BCUT2D eigenvalue weighted by Crippen LogP contribution is 2.40. The Morgan fingerprint density at radius 3 is 2.64 bits per heavy atom. The summed E-state index contributed by atoms with van der Waals surface area (Å²) in [4.78, 5) is 16.4. The van der Waals surface area contributed by atoms with Crippen LogP contribution in [0.4, 0.5) is 0 Å². The van der Waals surface area contributed by atoms with E-state index in [0.717, 1.165) is 43.7 Å². The van der Waals surface area contributed by atoms with E-state index in [1.165, 1.54) is 32.1 Å². The van der Waals surface area contributed by atoms with Crippen LogP contribution in [0.25, 0.3) is 0 Å². The number of carbonyl (C=O) groups is 1. The third-order valence-electron chi connectivity index (χ3n) is 5.36. The molecule has 1 heterocycles. The Morgan fingerprint density at radius 2 is 1.95 bits per heavy atom. The molecule has 0 atom stereocenters. The number of hydrogen-bond acceptors (Lipinski definition) is 3. The summed E-state index contributed by atoms with van der Waals surface area (Å²) in [5.74, 6) is 1.24. The molecule has 2 fully saturated rings. The molecule has 1 aromatic rings. The van der Waals surface area contributed by atoms with E-state index in [4.69, 9.17) is 10.5 Å². The SMILES string of the molecule is NC(=O)C1(c2cc(OCC3CCCCC3)ccn2)CCCC1. The van der Waals surface area contributed by atoms with E-state index in [-0.39, 0.29) is 5.91 Å². The van der Waals surface area contributed by atoms with Gasteiger partial charge >= 0.3 is 0 Å². The molecule has 0 unspecified atom stereocenters. The summed E-state index contributed by atoms with van der Waals surface area (Å²) in [6, 6.07) is 3.81. The van der Waals surface area contributed by atoms with Gasteiger partial charge in [0.25, 0.3) is 0 Å². The van der Waals surface area contributed by atoms with E-state index in [1.807, 2.05) is 12.1 Å². The maximum absolute atomic E-state index is 12.0. The van der Waals surface area contributed by atoms with Crippen LogP contribution in [0, 0.1) is 5.92 Å². The minimum absolute atomic E-state index is 0.248. The van der Waals surface area contributed by atoms with Crippen LogP contribution in [-0.2, 0) is 10.2 Å². The Kier molecular flexibility index (Phi) is 4.65. The summed E-state index contributed by atoms with van der Waals surface area (Å²) >= 11 is 0. The quantitative estimate of drug-likeness (QED) is 0.907. The fourth-order valence-electron chi connectivity index (χ4n) is 3.94. The molecule has 0 aliphatic heterocycles. The van der Waals surface area contributed by atoms with Crippen LogP contribution in [-0.4, -0.2) is 17.5 Å². The van der Waals surface area contributed by atoms with Crippen LogP contribution < -0.4 is 10.5 Å². The number of hydrogen-bond donors (Lipinski definition) is 1. The van der Waals surface area contributed by atoms with Gasteiger partial charge in [0.15, 0.2) is 0 Å². The first kappa shape index (κ1) is 15.3. The first-order valence-corrected chi connectivity index (χ1v) is 8.60. The van der Waals surface area contributed by atoms with E-state index in [2.05, 4.69) is 4.98 Å². The molecule has 0 saturated heterocycles. The molecule has 0 radical (unpaired) electrons.